The zero-order valence-electron chi connectivity index (χ0n) is 7.35. The van der Waals surface area contributed by atoms with Gasteiger partial charge in [-0.15, -0.1) is 0 Å². The lowest BCUT2D eigenvalue weighted by Gasteiger charge is -2.35. The highest BCUT2D eigenvalue weighted by Crippen LogP contribution is 2.41. The van der Waals surface area contributed by atoms with E-state index < -0.39 is 25.0 Å². The Kier molecular flexibility index (Phi) is 3.10. The molecule has 0 fully saturated rings. The van der Waals surface area contributed by atoms with Gasteiger partial charge < -0.3 is 20.0 Å². The molecule has 0 spiro atoms. The second-order valence-electron chi connectivity index (χ2n) is 3.66. The molecule has 0 bridgehead atoms. The quantitative estimate of drug-likeness (QED) is 0.466. The van der Waals surface area contributed by atoms with Crippen LogP contribution in [-0.2, 0) is 4.57 Å². The fourth-order valence-electron chi connectivity index (χ4n) is 0.595. The van der Waals surface area contributed by atoms with E-state index in [1.54, 1.807) is 0 Å². The van der Waals surface area contributed by atoms with E-state index in [-0.39, 0.29) is 0 Å². The summed E-state index contributed by atoms with van der Waals surface area (Å²) in [5, 5.41) is 18.8. The Morgan fingerprint density at radius 2 is 1.50 bits per heavy atom. The van der Waals surface area contributed by atoms with E-state index in [1.165, 1.54) is 20.8 Å². The number of rotatable bonds is 3. The Hall–Kier alpha value is 0.0700. The smallest absolute Gasteiger partial charge is 0.328 e. The number of hydrogen-bond donors (Lipinski definition) is 4. The van der Waals surface area contributed by atoms with Crippen molar-refractivity contribution in [3.63, 3.8) is 0 Å². The maximum absolute atomic E-state index is 10.5. The zero-order chi connectivity index (χ0) is 10.2. The summed E-state index contributed by atoms with van der Waals surface area (Å²) in [6, 6.07) is 0. The van der Waals surface area contributed by atoms with Crippen molar-refractivity contribution in [2.24, 2.45) is 0 Å². The summed E-state index contributed by atoms with van der Waals surface area (Å²) in [6.07, 6.45) is -0.747. The van der Waals surface area contributed by atoms with Gasteiger partial charge in [-0.3, -0.25) is 4.57 Å². The highest BCUT2D eigenvalue weighted by atomic mass is 31.2. The first-order chi connectivity index (χ1) is 4.96. The van der Waals surface area contributed by atoms with Crippen molar-refractivity contribution in [3.05, 3.63) is 0 Å². The van der Waals surface area contributed by atoms with Crippen LogP contribution in [0.15, 0.2) is 0 Å². The number of aliphatic hydroxyl groups is 2. The zero-order valence-corrected chi connectivity index (χ0v) is 8.25. The van der Waals surface area contributed by atoms with Gasteiger partial charge >= 0.3 is 7.60 Å². The van der Waals surface area contributed by atoms with Crippen LogP contribution in [0.25, 0.3) is 0 Å². The van der Waals surface area contributed by atoms with Gasteiger partial charge in [0.15, 0.2) is 0 Å². The highest BCUT2D eigenvalue weighted by molar-refractivity contribution is 7.51. The van der Waals surface area contributed by atoms with Gasteiger partial charge in [0, 0.05) is 0 Å². The summed E-state index contributed by atoms with van der Waals surface area (Å²) in [4.78, 5) is 17.1. The van der Waals surface area contributed by atoms with Gasteiger partial charge in [-0.1, -0.05) is 0 Å². The molecule has 0 aromatic rings. The molecule has 1 unspecified atom stereocenters. The summed E-state index contributed by atoms with van der Waals surface area (Å²) in [5.41, 5.74) is -3.32. The molecule has 74 valence electrons. The van der Waals surface area contributed by atoms with E-state index in [0.717, 1.165) is 0 Å². The van der Waals surface area contributed by atoms with E-state index in [9.17, 15) is 14.8 Å². The van der Waals surface area contributed by atoms with Gasteiger partial charge in [-0.2, -0.15) is 0 Å². The molecule has 12 heavy (non-hydrogen) atoms. The molecule has 0 aliphatic heterocycles. The maximum atomic E-state index is 10.5. The van der Waals surface area contributed by atoms with Crippen molar-refractivity contribution in [1.82, 2.24) is 0 Å². The Labute approximate surface area is 71.2 Å². The standard InChI is InChI=1S/C6H15O5P/c1-5(2,7)6(3,8)4-12(9,10)11/h7-8H,4H2,1-3H3,(H2,9,10,11). The second-order valence-corrected chi connectivity index (χ2v) is 5.30. The van der Waals surface area contributed by atoms with Gasteiger partial charge in [0.25, 0.3) is 0 Å². The molecular weight excluding hydrogens is 183 g/mol. The summed E-state index contributed by atoms with van der Waals surface area (Å²) >= 11 is 0. The largest absolute Gasteiger partial charge is 0.387 e. The lowest BCUT2D eigenvalue weighted by molar-refractivity contribution is -0.107. The summed E-state index contributed by atoms with van der Waals surface area (Å²) < 4.78 is 10.5. The van der Waals surface area contributed by atoms with Gasteiger partial charge in [-0.25, -0.2) is 0 Å². The first kappa shape index (κ1) is 12.1. The van der Waals surface area contributed by atoms with Crippen LogP contribution in [0, 0.1) is 0 Å². The third-order valence-electron chi connectivity index (χ3n) is 1.83. The third-order valence-corrected chi connectivity index (χ3v) is 2.86. The van der Waals surface area contributed by atoms with Crippen molar-refractivity contribution in [2.45, 2.75) is 32.0 Å². The molecule has 6 heteroatoms. The molecule has 1 atom stereocenters. The van der Waals surface area contributed by atoms with E-state index in [2.05, 4.69) is 0 Å². The van der Waals surface area contributed by atoms with Gasteiger partial charge in [-0.05, 0) is 20.8 Å². The molecule has 0 amide bonds. The average molecular weight is 198 g/mol. The fraction of sp³-hybridized carbons (Fsp3) is 1.00. The first-order valence-corrected chi connectivity index (χ1v) is 5.25. The normalized spacial score (nSPS) is 18.9. The predicted molar refractivity (Wildman–Crippen MR) is 43.8 cm³/mol. The van der Waals surface area contributed by atoms with Crippen LogP contribution >= 0.6 is 7.60 Å². The van der Waals surface area contributed by atoms with Crippen molar-refractivity contribution >= 4 is 7.60 Å². The van der Waals surface area contributed by atoms with Crippen molar-refractivity contribution in [1.29, 1.82) is 0 Å². The summed E-state index contributed by atoms with van der Waals surface area (Å²) in [6.45, 7) is 3.78. The van der Waals surface area contributed by atoms with Crippen molar-refractivity contribution < 1.29 is 24.6 Å². The van der Waals surface area contributed by atoms with Crippen LogP contribution in [0.4, 0.5) is 0 Å². The summed E-state index contributed by atoms with van der Waals surface area (Å²) in [5.74, 6) is 0. The molecule has 0 heterocycles. The Bertz CT molecular complexity index is 198. The Morgan fingerprint density at radius 3 is 1.58 bits per heavy atom. The van der Waals surface area contributed by atoms with E-state index in [1.807, 2.05) is 0 Å². The molecule has 0 saturated carbocycles. The SMILES string of the molecule is CC(C)(O)C(C)(O)CP(=O)(O)O. The molecule has 0 saturated heterocycles. The fourth-order valence-corrected chi connectivity index (χ4v) is 1.78. The maximum Gasteiger partial charge on any atom is 0.328 e. The second kappa shape index (κ2) is 3.09. The van der Waals surface area contributed by atoms with Crippen molar-refractivity contribution in [3.8, 4) is 0 Å². The lowest BCUT2D eigenvalue weighted by atomic mass is 9.90. The minimum atomic E-state index is -4.29. The summed E-state index contributed by atoms with van der Waals surface area (Å²) in [7, 11) is -4.29. The molecule has 0 aliphatic rings. The van der Waals surface area contributed by atoms with Crippen LogP contribution in [0.5, 0.6) is 0 Å². The minimum Gasteiger partial charge on any atom is -0.387 e. The monoisotopic (exact) mass is 198 g/mol. The lowest BCUT2D eigenvalue weighted by Crippen LogP contribution is -2.50. The van der Waals surface area contributed by atoms with Gasteiger partial charge in [0.2, 0.25) is 0 Å². The molecule has 0 aromatic carbocycles. The molecule has 0 aromatic heterocycles. The van der Waals surface area contributed by atoms with Gasteiger partial charge in [0.05, 0.1) is 11.8 Å². The van der Waals surface area contributed by atoms with Crippen LogP contribution in [-0.4, -0.2) is 37.4 Å². The first-order valence-electron chi connectivity index (χ1n) is 3.45. The van der Waals surface area contributed by atoms with Crippen LogP contribution < -0.4 is 0 Å². The topological polar surface area (TPSA) is 98.0 Å². The molecule has 0 rings (SSSR count). The van der Waals surface area contributed by atoms with E-state index >= 15 is 0 Å². The molecular formula is C6H15O5P. The predicted octanol–water partition coefficient (Wildman–Crippen LogP) is -0.314. The van der Waals surface area contributed by atoms with Crippen molar-refractivity contribution in [2.75, 3.05) is 6.16 Å². The molecule has 0 radical (unpaired) electrons. The van der Waals surface area contributed by atoms with E-state index in [4.69, 9.17) is 9.79 Å². The van der Waals surface area contributed by atoms with Gasteiger partial charge in [0.1, 0.15) is 5.60 Å². The van der Waals surface area contributed by atoms with Crippen LogP contribution in [0.3, 0.4) is 0 Å². The van der Waals surface area contributed by atoms with Crippen LogP contribution in [0.1, 0.15) is 20.8 Å². The number of hydrogen-bond acceptors (Lipinski definition) is 3. The average Bonchev–Trinajstić information content (AvgIpc) is 1.52. The minimum absolute atomic E-state index is 0.747. The molecule has 0 aliphatic carbocycles. The Balaban J connectivity index is 4.56. The van der Waals surface area contributed by atoms with Crippen LogP contribution in [0.2, 0.25) is 0 Å². The third kappa shape index (κ3) is 3.65. The highest BCUT2D eigenvalue weighted by Gasteiger charge is 2.42. The van der Waals surface area contributed by atoms with E-state index in [0.29, 0.717) is 0 Å². The Morgan fingerprint density at radius 1 is 1.17 bits per heavy atom. The molecule has 4 N–H and O–H groups in total. The molecule has 5 nitrogen and oxygen atoms in total.